The van der Waals surface area contributed by atoms with Crippen molar-refractivity contribution in [1.29, 1.82) is 0 Å². The molecule has 5 rings (SSSR count). The summed E-state index contributed by atoms with van der Waals surface area (Å²) < 4.78 is 19.7. The summed E-state index contributed by atoms with van der Waals surface area (Å²) in [5.41, 5.74) is -2.17. The number of hydrogen-bond acceptors (Lipinski definition) is 6. The average Bonchev–Trinajstić information content (AvgIpc) is 3.48. The first-order chi connectivity index (χ1) is 15.9. The van der Waals surface area contributed by atoms with Gasteiger partial charge in [-0.1, -0.05) is 32.4 Å². The Hall–Kier alpha value is -1.47. The summed E-state index contributed by atoms with van der Waals surface area (Å²) in [4.78, 5) is 38.9. The van der Waals surface area contributed by atoms with E-state index in [1.807, 2.05) is 26.8 Å². The molecule has 5 nitrogen and oxygen atoms in total. The van der Waals surface area contributed by atoms with Crippen LogP contribution in [-0.4, -0.2) is 39.7 Å². The maximum atomic E-state index is 13.6. The van der Waals surface area contributed by atoms with E-state index in [9.17, 15) is 23.9 Å². The van der Waals surface area contributed by atoms with Crippen LogP contribution in [-0.2, 0) is 19.1 Å². The maximum absolute atomic E-state index is 13.6. The van der Waals surface area contributed by atoms with Gasteiger partial charge < -0.3 is 9.84 Å². The van der Waals surface area contributed by atoms with E-state index < -0.39 is 39.1 Å². The van der Waals surface area contributed by atoms with Crippen molar-refractivity contribution in [3.05, 3.63) is 23.8 Å². The smallest absolute Gasteiger partial charge is 0.312 e. The first-order valence-corrected chi connectivity index (χ1v) is 13.5. The number of carbonyl (C=O) groups excluding carboxylic acids is 3. The van der Waals surface area contributed by atoms with Crippen LogP contribution < -0.4 is 0 Å². The number of aliphatic hydroxyl groups excluding tert-OH is 1. The highest BCUT2D eigenvalue weighted by molar-refractivity contribution is 8.13. The Labute approximate surface area is 205 Å². The zero-order valence-corrected chi connectivity index (χ0v) is 21.3. The molecule has 0 aromatic heterocycles. The topological polar surface area (TPSA) is 80.7 Å². The number of ether oxygens (including phenoxy) is 1. The normalized spacial score (nSPS) is 46.1. The molecule has 0 aromatic rings. The highest BCUT2D eigenvalue weighted by Crippen LogP contribution is 2.70. The second-order valence-corrected chi connectivity index (χ2v) is 13.0. The molecular weight excluding hydrogens is 455 g/mol. The van der Waals surface area contributed by atoms with Gasteiger partial charge in [0.15, 0.2) is 11.4 Å². The molecule has 4 saturated carbocycles. The molecule has 1 N–H and O–H groups in total. The summed E-state index contributed by atoms with van der Waals surface area (Å²) in [6.45, 7) is 7.88. The van der Waals surface area contributed by atoms with Crippen molar-refractivity contribution < 1.29 is 28.6 Å². The summed E-state index contributed by atoms with van der Waals surface area (Å²) in [6.07, 6.45) is 8.56. The number of halogens is 1. The molecule has 0 bridgehead atoms. The monoisotopic (exact) mass is 490 g/mol. The summed E-state index contributed by atoms with van der Waals surface area (Å²) in [5.74, 6) is -0.595. The van der Waals surface area contributed by atoms with Crippen LogP contribution in [0.25, 0.3) is 0 Å². The van der Waals surface area contributed by atoms with Gasteiger partial charge >= 0.3 is 5.97 Å². The molecule has 0 spiro atoms. The number of carbonyl (C=O) groups is 3. The van der Waals surface area contributed by atoms with E-state index >= 15 is 0 Å². The van der Waals surface area contributed by atoms with Crippen molar-refractivity contribution in [3.63, 3.8) is 0 Å². The number of fused-ring (bicyclic) bond motifs is 5. The molecule has 5 aliphatic carbocycles. The second-order valence-electron chi connectivity index (χ2n) is 12.1. The van der Waals surface area contributed by atoms with Crippen LogP contribution in [0.1, 0.15) is 66.2 Å². The predicted molar refractivity (Wildman–Crippen MR) is 127 cm³/mol. The Morgan fingerprint density at radius 2 is 1.97 bits per heavy atom. The largest absolute Gasteiger partial charge is 0.449 e. The number of allylic oxidation sites excluding steroid dienone is 4. The molecular formula is C27H35FO5S. The Morgan fingerprint density at radius 1 is 1.26 bits per heavy atom. The van der Waals surface area contributed by atoms with Crippen molar-refractivity contribution in [3.8, 4) is 0 Å². The zero-order valence-electron chi connectivity index (χ0n) is 20.4. The van der Waals surface area contributed by atoms with Gasteiger partial charge in [0.25, 0.3) is 0 Å². The van der Waals surface area contributed by atoms with E-state index in [0.29, 0.717) is 24.6 Å². The van der Waals surface area contributed by atoms with Crippen LogP contribution in [0.2, 0.25) is 0 Å². The van der Waals surface area contributed by atoms with Crippen LogP contribution in [0.4, 0.5) is 4.39 Å². The molecule has 0 amide bonds. The lowest BCUT2D eigenvalue weighted by molar-refractivity contribution is -0.203. The van der Waals surface area contributed by atoms with Crippen LogP contribution >= 0.6 is 11.8 Å². The number of rotatable bonds is 4. The van der Waals surface area contributed by atoms with Crippen molar-refractivity contribution in [2.24, 2.45) is 39.9 Å². The number of hydrogen-bond donors (Lipinski definition) is 1. The molecule has 8 atom stereocenters. The minimum atomic E-state index is -1.46. The van der Waals surface area contributed by atoms with E-state index in [0.717, 1.165) is 31.3 Å². The Bertz CT molecular complexity index is 1000. The number of aliphatic hydroxyl groups is 1. The van der Waals surface area contributed by atoms with E-state index in [1.54, 1.807) is 12.2 Å². The number of esters is 1. The molecule has 0 aromatic carbocycles. The molecule has 4 fully saturated rings. The van der Waals surface area contributed by atoms with Gasteiger partial charge in [0.1, 0.15) is 6.01 Å². The highest BCUT2D eigenvalue weighted by Gasteiger charge is 2.73. The van der Waals surface area contributed by atoms with Gasteiger partial charge in [0.2, 0.25) is 5.12 Å². The summed E-state index contributed by atoms with van der Waals surface area (Å²) in [6, 6.07) is -0.872. The van der Waals surface area contributed by atoms with Gasteiger partial charge in [-0.3, -0.25) is 14.4 Å². The fourth-order valence-corrected chi connectivity index (χ4v) is 8.94. The van der Waals surface area contributed by atoms with Gasteiger partial charge in [-0.05, 0) is 81.2 Å². The van der Waals surface area contributed by atoms with Gasteiger partial charge in [-0.2, -0.15) is 0 Å². The van der Waals surface area contributed by atoms with E-state index in [4.69, 9.17) is 4.74 Å². The molecule has 0 heterocycles. The van der Waals surface area contributed by atoms with Gasteiger partial charge in [-0.15, -0.1) is 0 Å². The lowest BCUT2D eigenvalue weighted by Crippen LogP contribution is -2.63. The molecule has 7 heteroatoms. The number of ketones is 1. The summed E-state index contributed by atoms with van der Waals surface area (Å²) >= 11 is 0.585. The Balaban J connectivity index is 1.57. The third kappa shape index (κ3) is 3.11. The van der Waals surface area contributed by atoms with Crippen LogP contribution in [0.3, 0.4) is 0 Å². The fourth-order valence-electron chi connectivity index (χ4n) is 8.16. The molecule has 5 aliphatic rings. The van der Waals surface area contributed by atoms with Gasteiger partial charge in [0.05, 0.1) is 11.5 Å². The van der Waals surface area contributed by atoms with Crippen molar-refractivity contribution >= 4 is 28.6 Å². The molecule has 34 heavy (non-hydrogen) atoms. The van der Waals surface area contributed by atoms with Crippen LogP contribution in [0, 0.1) is 39.9 Å². The third-order valence-electron chi connectivity index (χ3n) is 10.3. The van der Waals surface area contributed by atoms with Crippen molar-refractivity contribution in [2.75, 3.05) is 6.01 Å². The average molecular weight is 491 g/mol. The lowest BCUT2D eigenvalue weighted by Gasteiger charge is -2.60. The quantitative estimate of drug-likeness (QED) is 0.572. The van der Waals surface area contributed by atoms with Gasteiger partial charge in [0, 0.05) is 22.7 Å². The fraction of sp³-hybridized carbons (Fsp3) is 0.741. The maximum Gasteiger partial charge on any atom is 0.312 e. The lowest BCUT2D eigenvalue weighted by atomic mass is 9.46. The van der Waals surface area contributed by atoms with Crippen molar-refractivity contribution in [2.45, 2.75) is 77.9 Å². The molecule has 0 aliphatic heterocycles. The highest BCUT2D eigenvalue weighted by atomic mass is 32.2. The molecule has 0 saturated heterocycles. The van der Waals surface area contributed by atoms with E-state index in [-0.39, 0.29) is 35.4 Å². The molecule has 0 unspecified atom stereocenters. The first kappa shape index (κ1) is 24.2. The minimum Gasteiger partial charge on any atom is -0.449 e. The van der Waals surface area contributed by atoms with Crippen molar-refractivity contribution in [1.82, 2.24) is 0 Å². The number of alkyl halides is 1. The molecule has 186 valence electrons. The van der Waals surface area contributed by atoms with E-state index in [2.05, 4.69) is 6.92 Å². The third-order valence-corrected chi connectivity index (χ3v) is 10.9. The Kier molecular flexibility index (Phi) is 5.53. The Morgan fingerprint density at radius 3 is 2.62 bits per heavy atom. The SMILES string of the molecule is C[C@@H]1C[C@H]2[C@@H]3CCC4=CC(=O)C=C[C@]4(C)[C@H]3[C@@H](O)C[C@]2(C)[C@@]1(OC(=O)C1(C)CC1)C(=O)SCF. The molecule has 0 radical (unpaired) electrons. The summed E-state index contributed by atoms with van der Waals surface area (Å²) in [5, 5.41) is 11.2. The summed E-state index contributed by atoms with van der Waals surface area (Å²) in [7, 11) is 0. The van der Waals surface area contributed by atoms with Gasteiger partial charge in [-0.25, -0.2) is 4.39 Å². The van der Waals surface area contributed by atoms with E-state index in [1.165, 1.54) is 0 Å². The zero-order chi connectivity index (χ0) is 24.7. The first-order valence-electron chi connectivity index (χ1n) is 12.5. The number of thioether (sulfide) groups is 1. The standard InChI is InChI=1S/C27H35FO5S/c1-15-11-19-18-6-5-16-12-17(29)7-8-25(16,3)21(18)20(30)13-26(19,4)27(15,23(32)34-14-28)33-22(31)24(2)9-10-24/h7-8,12,15,18-21,30H,5-6,9-11,13-14H2,1-4H3/t15-,18+,19+,20+,21-,25+,26+,27+/m1/s1. The van der Waals surface area contributed by atoms with Crippen LogP contribution in [0.15, 0.2) is 23.8 Å². The second kappa shape index (κ2) is 7.76. The minimum absolute atomic E-state index is 0.0103. The van der Waals surface area contributed by atoms with Crippen LogP contribution in [0.5, 0.6) is 0 Å². The predicted octanol–water partition coefficient (Wildman–Crippen LogP) is 4.78.